The number of carbonyl (C=O) groups is 2. The largest absolute Gasteiger partial charge is 0.398 e. The molecule has 42 heavy (non-hydrogen) atoms. The number of benzene rings is 4. The van der Waals surface area contributed by atoms with Crippen molar-refractivity contribution >= 4 is 46.7 Å². The van der Waals surface area contributed by atoms with Gasteiger partial charge in [0, 0.05) is 34.7 Å². The summed E-state index contributed by atoms with van der Waals surface area (Å²) < 4.78 is 0. The average molecular weight is 557 g/mol. The lowest BCUT2D eigenvalue weighted by atomic mass is 9.81. The van der Waals surface area contributed by atoms with Gasteiger partial charge in [0.1, 0.15) is 0 Å². The number of hydrogen-bond donors (Lipinski definition) is 2. The van der Waals surface area contributed by atoms with Crippen molar-refractivity contribution in [2.75, 3.05) is 11.5 Å². The number of unbranched alkanes of at least 4 members (excludes halogenated alkanes) is 2. The first kappa shape index (κ1) is 28.7. The van der Waals surface area contributed by atoms with Gasteiger partial charge in [0.2, 0.25) is 0 Å². The lowest BCUT2D eigenvalue weighted by Crippen LogP contribution is -2.25. The normalized spacial score (nSPS) is 12.7. The quantitative estimate of drug-likeness (QED) is 0.135. The molecule has 0 saturated heterocycles. The molecule has 0 aromatic heterocycles. The number of hydrogen-bond acceptors (Lipinski definition) is 6. The Hall–Kier alpha value is -4.84. The Morgan fingerprint density at radius 1 is 0.571 bits per heavy atom. The van der Waals surface area contributed by atoms with Crippen LogP contribution in [0.2, 0.25) is 0 Å². The molecule has 1 aliphatic carbocycles. The number of aliphatic imine (C=N–C) groups is 2. The topological polar surface area (TPSA) is 111 Å². The van der Waals surface area contributed by atoms with Crippen LogP contribution in [0.25, 0.3) is 0 Å². The summed E-state index contributed by atoms with van der Waals surface area (Å²) in [4.78, 5) is 36.3. The van der Waals surface area contributed by atoms with E-state index in [0.717, 1.165) is 49.9 Å². The molecule has 0 amide bonds. The van der Waals surface area contributed by atoms with Gasteiger partial charge in [-0.25, -0.2) is 0 Å². The molecule has 4 aromatic carbocycles. The first-order chi connectivity index (χ1) is 20.4. The molecule has 212 valence electrons. The third-order valence-electron chi connectivity index (χ3n) is 7.72. The Kier molecular flexibility index (Phi) is 8.72. The molecule has 0 unspecified atom stereocenters. The van der Waals surface area contributed by atoms with Crippen molar-refractivity contribution in [3.8, 4) is 0 Å². The second kappa shape index (κ2) is 12.8. The molecule has 0 fully saturated rings. The Balaban J connectivity index is 1.39. The van der Waals surface area contributed by atoms with Gasteiger partial charge in [-0.05, 0) is 73.2 Å². The van der Waals surface area contributed by atoms with Crippen LogP contribution in [-0.2, 0) is 12.8 Å². The molecule has 0 radical (unpaired) electrons. The van der Waals surface area contributed by atoms with E-state index in [2.05, 4.69) is 48.1 Å². The van der Waals surface area contributed by atoms with E-state index < -0.39 is 0 Å². The number of anilines is 2. The molecular formula is C36H36N4O2. The van der Waals surface area contributed by atoms with Crippen LogP contribution in [0.4, 0.5) is 22.7 Å². The van der Waals surface area contributed by atoms with Gasteiger partial charge in [-0.15, -0.1) is 0 Å². The van der Waals surface area contributed by atoms with E-state index in [1.54, 1.807) is 36.7 Å². The molecule has 6 nitrogen and oxygen atoms in total. The van der Waals surface area contributed by atoms with Crippen molar-refractivity contribution in [1.29, 1.82) is 0 Å². The second-order valence-corrected chi connectivity index (χ2v) is 10.7. The van der Waals surface area contributed by atoms with Crippen LogP contribution in [0.5, 0.6) is 0 Å². The first-order valence-corrected chi connectivity index (χ1v) is 14.6. The van der Waals surface area contributed by atoms with Gasteiger partial charge < -0.3 is 11.5 Å². The van der Waals surface area contributed by atoms with E-state index in [-0.39, 0.29) is 45.2 Å². The van der Waals surface area contributed by atoms with Crippen LogP contribution < -0.4 is 11.5 Å². The molecule has 0 spiro atoms. The van der Waals surface area contributed by atoms with Gasteiger partial charge in [0.15, 0.2) is 11.6 Å². The van der Waals surface area contributed by atoms with E-state index in [1.165, 1.54) is 11.1 Å². The summed E-state index contributed by atoms with van der Waals surface area (Å²) in [6.45, 7) is 4.35. The summed E-state index contributed by atoms with van der Waals surface area (Å²) in [7, 11) is 0. The van der Waals surface area contributed by atoms with Crippen molar-refractivity contribution in [2.24, 2.45) is 9.98 Å². The van der Waals surface area contributed by atoms with Gasteiger partial charge in [-0.2, -0.15) is 0 Å². The maximum Gasteiger partial charge on any atom is 0.196 e. The molecule has 0 atom stereocenters. The summed E-state index contributed by atoms with van der Waals surface area (Å²) in [6, 6.07) is 22.9. The van der Waals surface area contributed by atoms with E-state index in [4.69, 9.17) is 11.5 Å². The Morgan fingerprint density at radius 3 is 1.31 bits per heavy atom. The molecule has 4 aromatic rings. The van der Waals surface area contributed by atoms with E-state index in [0.29, 0.717) is 11.1 Å². The highest BCUT2D eigenvalue weighted by Crippen LogP contribution is 2.36. The predicted molar refractivity (Wildman–Crippen MR) is 173 cm³/mol. The van der Waals surface area contributed by atoms with Crippen LogP contribution in [0.3, 0.4) is 0 Å². The van der Waals surface area contributed by atoms with Crippen LogP contribution in [0.15, 0.2) is 82.8 Å². The van der Waals surface area contributed by atoms with Crippen molar-refractivity contribution in [3.05, 3.63) is 117 Å². The number of aryl methyl sites for hydroxylation is 2. The number of rotatable bonds is 10. The molecule has 4 N–H and O–H groups in total. The molecule has 0 aliphatic heterocycles. The number of ketones is 2. The van der Waals surface area contributed by atoms with Crippen LogP contribution in [0, 0.1) is 0 Å². The molecule has 0 bridgehead atoms. The van der Waals surface area contributed by atoms with Gasteiger partial charge >= 0.3 is 0 Å². The maximum absolute atomic E-state index is 13.6. The highest BCUT2D eigenvalue weighted by Gasteiger charge is 2.34. The molecule has 1 aliphatic rings. The lowest BCUT2D eigenvalue weighted by molar-refractivity contribution is 0.0980. The fourth-order valence-electron chi connectivity index (χ4n) is 5.18. The Morgan fingerprint density at radius 2 is 0.952 bits per heavy atom. The van der Waals surface area contributed by atoms with E-state index >= 15 is 0 Å². The summed E-state index contributed by atoms with van der Waals surface area (Å²) in [5, 5.41) is 0. The molecule has 5 rings (SSSR count). The third-order valence-corrected chi connectivity index (χ3v) is 7.72. The van der Waals surface area contributed by atoms with Gasteiger partial charge in [-0.3, -0.25) is 19.6 Å². The zero-order chi connectivity index (χ0) is 29.6. The van der Waals surface area contributed by atoms with E-state index in [1.807, 2.05) is 24.3 Å². The minimum Gasteiger partial charge on any atom is -0.398 e. The van der Waals surface area contributed by atoms with Crippen molar-refractivity contribution in [1.82, 2.24) is 0 Å². The number of nitrogens with zero attached hydrogens (tertiary/aromatic N) is 2. The average Bonchev–Trinajstić information content (AvgIpc) is 3.01. The van der Waals surface area contributed by atoms with E-state index in [9.17, 15) is 9.59 Å². The maximum atomic E-state index is 13.6. The van der Waals surface area contributed by atoms with Crippen LogP contribution >= 0.6 is 0 Å². The minimum absolute atomic E-state index is 0.190. The van der Waals surface area contributed by atoms with Gasteiger partial charge in [-0.1, -0.05) is 63.1 Å². The highest BCUT2D eigenvalue weighted by molar-refractivity contribution is 6.32. The summed E-state index contributed by atoms with van der Waals surface area (Å²) in [5.74, 6) is -0.657. The standard InChI is InChI=1S/C36H36N4O2/c1-3-5-7-23-9-15-27(16-10-23)39-21-25-13-19-29-31(33(25)37)35(41)30-20-14-26(34(38)32(30)36(29)42)22-40-28-17-11-24(12-18-28)8-6-4-2/h9-22H,3-8,37-38H2,1-2H3. The van der Waals surface area contributed by atoms with Gasteiger partial charge in [0.25, 0.3) is 0 Å². The summed E-state index contributed by atoms with van der Waals surface area (Å²) >= 11 is 0. The third kappa shape index (κ3) is 5.93. The fraction of sp³-hybridized carbons (Fsp3) is 0.222. The molecule has 6 heteroatoms. The Labute approximate surface area is 247 Å². The minimum atomic E-state index is -0.328. The molecule has 0 saturated carbocycles. The number of fused-ring (bicyclic) bond motifs is 2. The van der Waals surface area contributed by atoms with Crippen molar-refractivity contribution in [3.63, 3.8) is 0 Å². The van der Waals surface area contributed by atoms with Crippen molar-refractivity contribution < 1.29 is 9.59 Å². The fourth-order valence-corrected chi connectivity index (χ4v) is 5.18. The number of nitrogens with two attached hydrogens (primary N) is 2. The predicted octanol–water partition coefficient (Wildman–Crippen LogP) is 7.81. The zero-order valence-corrected chi connectivity index (χ0v) is 24.2. The summed E-state index contributed by atoms with van der Waals surface area (Å²) in [5.41, 5.74) is 19.5. The van der Waals surface area contributed by atoms with Gasteiger partial charge in [0.05, 0.1) is 33.9 Å². The molecule has 0 heterocycles. The van der Waals surface area contributed by atoms with Crippen molar-refractivity contribution in [2.45, 2.75) is 52.4 Å². The highest BCUT2D eigenvalue weighted by atomic mass is 16.1. The number of nitrogen functional groups attached to an aromatic ring is 2. The lowest BCUT2D eigenvalue weighted by Gasteiger charge is -2.22. The Bertz CT molecular complexity index is 1560. The first-order valence-electron chi connectivity index (χ1n) is 14.6. The van der Waals surface area contributed by atoms with Crippen LogP contribution in [-0.4, -0.2) is 24.0 Å². The SMILES string of the molecule is CCCCc1ccc(N=Cc2ccc3c(c2N)C(=O)c2ccc(C=Nc4ccc(CCCC)cc4)c(N)c2C3=O)cc1. The molecular weight excluding hydrogens is 520 g/mol. The smallest absolute Gasteiger partial charge is 0.196 e. The second-order valence-electron chi connectivity index (χ2n) is 10.7. The van der Waals surface area contributed by atoms with Crippen LogP contribution in [0.1, 0.15) is 93.6 Å². The summed E-state index contributed by atoms with van der Waals surface area (Å²) in [6.07, 6.45) is 9.96. The zero-order valence-electron chi connectivity index (χ0n) is 24.2. The number of carbonyl (C=O) groups excluding carboxylic acids is 2. The monoisotopic (exact) mass is 556 g/mol.